The number of halogens is 1. The van der Waals surface area contributed by atoms with Crippen molar-refractivity contribution in [3.63, 3.8) is 0 Å². The second kappa shape index (κ2) is 7.34. The highest BCUT2D eigenvalue weighted by Gasteiger charge is 2.23. The minimum atomic E-state index is -0.233. The SMILES string of the molecule is Cc1ccc(-c2nnc3c4cc5c(cc4n(Cc4ccccc4F)cc2-3)OCCO5)cc1. The molecule has 0 saturated heterocycles. The first-order valence-corrected chi connectivity index (χ1v) is 10.6. The van der Waals surface area contributed by atoms with Gasteiger partial charge in [0.1, 0.15) is 30.4 Å². The summed E-state index contributed by atoms with van der Waals surface area (Å²) < 4.78 is 28.2. The number of nitrogens with zero attached hydrogens (tertiary/aromatic N) is 3. The van der Waals surface area contributed by atoms with Gasteiger partial charge in [-0.15, -0.1) is 10.2 Å². The Morgan fingerprint density at radius 2 is 1.62 bits per heavy atom. The van der Waals surface area contributed by atoms with Crippen LogP contribution in [0.25, 0.3) is 33.4 Å². The monoisotopic (exact) mass is 425 g/mol. The van der Waals surface area contributed by atoms with Gasteiger partial charge in [0.2, 0.25) is 0 Å². The summed E-state index contributed by atoms with van der Waals surface area (Å²) in [6.45, 7) is 3.43. The molecule has 6 rings (SSSR count). The molecule has 32 heavy (non-hydrogen) atoms. The van der Waals surface area contributed by atoms with E-state index in [-0.39, 0.29) is 5.82 Å². The first-order chi connectivity index (χ1) is 15.7. The summed E-state index contributed by atoms with van der Waals surface area (Å²) in [4.78, 5) is 0. The van der Waals surface area contributed by atoms with Gasteiger partial charge in [0.15, 0.2) is 11.5 Å². The summed E-state index contributed by atoms with van der Waals surface area (Å²) in [6.07, 6.45) is 2.01. The first kappa shape index (κ1) is 18.8. The van der Waals surface area contributed by atoms with Crippen LogP contribution in [-0.4, -0.2) is 28.0 Å². The fourth-order valence-corrected chi connectivity index (χ4v) is 4.24. The van der Waals surface area contributed by atoms with Gasteiger partial charge < -0.3 is 14.0 Å². The quantitative estimate of drug-likeness (QED) is 0.385. The van der Waals surface area contributed by atoms with E-state index in [4.69, 9.17) is 9.47 Å². The Kier molecular flexibility index (Phi) is 4.31. The molecule has 0 fully saturated rings. The number of pyridine rings is 1. The Labute approximate surface area is 184 Å². The molecule has 3 aliphatic heterocycles. The fraction of sp³-hybridized carbons (Fsp3) is 0.154. The number of aromatic nitrogens is 3. The lowest BCUT2D eigenvalue weighted by Gasteiger charge is -2.21. The molecule has 3 aliphatic rings. The van der Waals surface area contributed by atoms with Crippen molar-refractivity contribution in [3.8, 4) is 34.0 Å². The molecule has 0 saturated carbocycles. The molecular weight excluding hydrogens is 405 g/mol. The molecule has 3 aromatic carbocycles. The molecule has 3 heterocycles. The van der Waals surface area contributed by atoms with Crippen LogP contribution in [0.3, 0.4) is 0 Å². The van der Waals surface area contributed by atoms with Crippen molar-refractivity contribution >= 4 is 10.9 Å². The van der Waals surface area contributed by atoms with Crippen molar-refractivity contribution in [1.29, 1.82) is 0 Å². The molecule has 6 heteroatoms. The topological polar surface area (TPSA) is 49.2 Å². The number of aryl methyl sites for hydroxylation is 1. The Morgan fingerprint density at radius 3 is 2.41 bits per heavy atom. The van der Waals surface area contributed by atoms with E-state index in [1.807, 2.05) is 41.1 Å². The lowest BCUT2D eigenvalue weighted by atomic mass is 10.0. The van der Waals surface area contributed by atoms with E-state index in [9.17, 15) is 4.39 Å². The Hall–Kier alpha value is -3.93. The van der Waals surface area contributed by atoms with Crippen LogP contribution in [0, 0.1) is 12.7 Å². The van der Waals surface area contributed by atoms with E-state index in [0.717, 1.165) is 33.4 Å². The number of hydrogen-bond acceptors (Lipinski definition) is 4. The van der Waals surface area contributed by atoms with Gasteiger partial charge in [-0.2, -0.15) is 0 Å². The van der Waals surface area contributed by atoms with Crippen LogP contribution in [0.2, 0.25) is 0 Å². The number of benzene rings is 3. The van der Waals surface area contributed by atoms with Gasteiger partial charge in [0, 0.05) is 34.3 Å². The Balaban J connectivity index is 1.61. The van der Waals surface area contributed by atoms with Gasteiger partial charge in [-0.3, -0.25) is 0 Å². The smallest absolute Gasteiger partial charge is 0.163 e. The average Bonchev–Trinajstić information content (AvgIpc) is 3.24. The zero-order chi connectivity index (χ0) is 21.7. The van der Waals surface area contributed by atoms with E-state index >= 15 is 0 Å². The van der Waals surface area contributed by atoms with E-state index in [1.54, 1.807) is 12.1 Å². The zero-order valence-electron chi connectivity index (χ0n) is 17.5. The maximum Gasteiger partial charge on any atom is 0.163 e. The van der Waals surface area contributed by atoms with Crippen molar-refractivity contribution in [2.45, 2.75) is 13.5 Å². The second-order valence-corrected chi connectivity index (χ2v) is 8.04. The highest BCUT2D eigenvalue weighted by molar-refractivity contribution is 5.99. The minimum Gasteiger partial charge on any atom is -0.486 e. The third-order valence-corrected chi connectivity index (χ3v) is 5.89. The predicted molar refractivity (Wildman–Crippen MR) is 121 cm³/mol. The van der Waals surface area contributed by atoms with Gasteiger partial charge in [-0.1, -0.05) is 48.0 Å². The van der Waals surface area contributed by atoms with Crippen LogP contribution in [0.15, 0.2) is 66.9 Å². The number of rotatable bonds is 3. The fourth-order valence-electron chi connectivity index (χ4n) is 4.24. The number of fused-ring (bicyclic) bond motifs is 4. The summed E-state index contributed by atoms with van der Waals surface area (Å²) in [6, 6.07) is 19.0. The third-order valence-electron chi connectivity index (χ3n) is 5.89. The Bertz CT molecular complexity index is 1430. The van der Waals surface area contributed by atoms with Crippen LogP contribution in [-0.2, 0) is 6.54 Å². The molecule has 0 radical (unpaired) electrons. The molecule has 5 nitrogen and oxygen atoms in total. The van der Waals surface area contributed by atoms with Crippen molar-refractivity contribution in [2.24, 2.45) is 0 Å². The molecule has 0 atom stereocenters. The predicted octanol–water partition coefficient (Wildman–Crippen LogP) is 5.47. The Morgan fingerprint density at radius 1 is 0.906 bits per heavy atom. The first-order valence-electron chi connectivity index (χ1n) is 10.6. The molecular formula is C26H20FN3O2. The van der Waals surface area contributed by atoms with Crippen LogP contribution in [0.5, 0.6) is 11.5 Å². The second-order valence-electron chi connectivity index (χ2n) is 8.04. The summed E-state index contributed by atoms with van der Waals surface area (Å²) in [5.74, 6) is 1.14. The largest absolute Gasteiger partial charge is 0.486 e. The molecule has 158 valence electrons. The van der Waals surface area contributed by atoms with E-state index in [0.29, 0.717) is 36.8 Å². The van der Waals surface area contributed by atoms with Gasteiger partial charge in [-0.05, 0) is 19.1 Å². The molecule has 0 unspecified atom stereocenters. The molecule has 3 aromatic rings. The number of ether oxygens (including phenoxy) is 2. The highest BCUT2D eigenvalue weighted by Crippen LogP contribution is 2.42. The van der Waals surface area contributed by atoms with Crippen molar-refractivity contribution < 1.29 is 13.9 Å². The van der Waals surface area contributed by atoms with E-state index in [1.165, 1.54) is 11.6 Å². The normalized spacial score (nSPS) is 13.1. The van der Waals surface area contributed by atoms with Gasteiger partial charge in [0.25, 0.3) is 0 Å². The zero-order valence-corrected chi connectivity index (χ0v) is 17.5. The maximum atomic E-state index is 14.5. The number of hydrogen-bond donors (Lipinski definition) is 0. The molecule has 0 bridgehead atoms. The van der Waals surface area contributed by atoms with E-state index < -0.39 is 0 Å². The molecule has 0 aromatic heterocycles. The maximum absolute atomic E-state index is 14.5. The lowest BCUT2D eigenvalue weighted by molar-refractivity contribution is 0.172. The van der Waals surface area contributed by atoms with Crippen LogP contribution in [0.1, 0.15) is 11.1 Å². The standard InChI is InChI=1S/C26H20FN3O2/c1-16-6-8-17(9-7-16)25-20-15-30(14-18-4-2-3-5-21(18)27)22-13-24-23(31-10-11-32-24)12-19(22)26(20)29-28-25/h2-9,12-13,15H,10-11,14H2,1H3. The van der Waals surface area contributed by atoms with Crippen LogP contribution in [0.4, 0.5) is 4.39 Å². The molecule has 0 N–H and O–H groups in total. The van der Waals surface area contributed by atoms with Gasteiger partial charge >= 0.3 is 0 Å². The summed E-state index contributed by atoms with van der Waals surface area (Å²) in [7, 11) is 0. The molecule has 0 aliphatic carbocycles. The van der Waals surface area contributed by atoms with Crippen LogP contribution >= 0.6 is 0 Å². The third kappa shape index (κ3) is 3.07. The summed E-state index contributed by atoms with van der Waals surface area (Å²) in [5.41, 5.74) is 6.18. The summed E-state index contributed by atoms with van der Waals surface area (Å²) in [5, 5.41) is 9.94. The highest BCUT2D eigenvalue weighted by atomic mass is 19.1. The summed E-state index contributed by atoms with van der Waals surface area (Å²) >= 11 is 0. The van der Waals surface area contributed by atoms with Crippen molar-refractivity contribution in [2.75, 3.05) is 13.2 Å². The molecule has 0 spiro atoms. The van der Waals surface area contributed by atoms with Crippen LogP contribution < -0.4 is 9.47 Å². The lowest BCUT2D eigenvalue weighted by Crippen LogP contribution is -2.16. The van der Waals surface area contributed by atoms with Gasteiger partial charge in [-0.25, -0.2) is 4.39 Å². The minimum absolute atomic E-state index is 0.233. The van der Waals surface area contributed by atoms with E-state index in [2.05, 4.69) is 29.3 Å². The van der Waals surface area contributed by atoms with Crippen molar-refractivity contribution in [1.82, 2.24) is 14.8 Å². The van der Waals surface area contributed by atoms with Gasteiger partial charge in [0.05, 0.1) is 12.1 Å². The van der Waals surface area contributed by atoms with Crippen molar-refractivity contribution in [3.05, 3.63) is 83.8 Å². The molecule has 0 amide bonds. The average molecular weight is 425 g/mol.